The van der Waals surface area contributed by atoms with Gasteiger partial charge in [0.05, 0.1) is 6.21 Å². The third-order valence-corrected chi connectivity index (χ3v) is 2.99. The zero-order chi connectivity index (χ0) is 15.8. The standard InChI is InChI=1S/C17H18N2O3/c1-2-14-7-3-4-9-16(14)22-12-17(21)19-18-11-13-6-5-8-15(20)10-13/h3-11,20H,2,12H2,1H3,(H,19,21)/b18-11+. The number of carbonyl (C=O) groups excluding carboxylic acids is 1. The molecule has 0 unspecified atom stereocenters. The highest BCUT2D eigenvalue weighted by Gasteiger charge is 2.04. The Labute approximate surface area is 129 Å². The monoisotopic (exact) mass is 298 g/mol. The average molecular weight is 298 g/mol. The number of phenols is 1. The van der Waals surface area contributed by atoms with E-state index in [-0.39, 0.29) is 18.3 Å². The second kappa shape index (κ2) is 7.83. The number of aromatic hydroxyl groups is 1. The molecule has 0 aromatic heterocycles. The van der Waals surface area contributed by atoms with Gasteiger partial charge >= 0.3 is 0 Å². The highest BCUT2D eigenvalue weighted by Crippen LogP contribution is 2.17. The summed E-state index contributed by atoms with van der Waals surface area (Å²) in [6.45, 7) is 1.93. The summed E-state index contributed by atoms with van der Waals surface area (Å²) in [5, 5.41) is 13.1. The van der Waals surface area contributed by atoms with Crippen LogP contribution in [-0.2, 0) is 11.2 Å². The van der Waals surface area contributed by atoms with E-state index in [1.165, 1.54) is 6.21 Å². The molecule has 0 aliphatic rings. The fourth-order valence-electron chi connectivity index (χ4n) is 1.90. The van der Waals surface area contributed by atoms with Crippen molar-refractivity contribution in [3.63, 3.8) is 0 Å². The van der Waals surface area contributed by atoms with Crippen molar-refractivity contribution in [2.24, 2.45) is 5.10 Å². The molecular formula is C17H18N2O3. The number of benzene rings is 2. The topological polar surface area (TPSA) is 70.9 Å². The SMILES string of the molecule is CCc1ccccc1OCC(=O)N/N=C/c1cccc(O)c1. The van der Waals surface area contributed by atoms with Gasteiger partial charge in [-0.2, -0.15) is 5.10 Å². The quantitative estimate of drug-likeness (QED) is 0.636. The molecule has 1 amide bonds. The molecule has 22 heavy (non-hydrogen) atoms. The molecule has 0 spiro atoms. The number of para-hydroxylation sites is 1. The van der Waals surface area contributed by atoms with E-state index in [0.29, 0.717) is 11.3 Å². The van der Waals surface area contributed by atoms with E-state index in [1.807, 2.05) is 31.2 Å². The number of hydrogen-bond acceptors (Lipinski definition) is 4. The molecule has 2 rings (SSSR count). The normalized spacial score (nSPS) is 10.6. The fraction of sp³-hybridized carbons (Fsp3) is 0.176. The van der Waals surface area contributed by atoms with E-state index in [9.17, 15) is 9.90 Å². The average Bonchev–Trinajstić information content (AvgIpc) is 2.53. The van der Waals surface area contributed by atoms with Gasteiger partial charge in [0.2, 0.25) is 0 Å². The Hall–Kier alpha value is -2.82. The number of hydrogen-bond donors (Lipinski definition) is 2. The van der Waals surface area contributed by atoms with Gasteiger partial charge in [-0.15, -0.1) is 0 Å². The zero-order valence-corrected chi connectivity index (χ0v) is 12.3. The predicted molar refractivity (Wildman–Crippen MR) is 85.2 cm³/mol. The van der Waals surface area contributed by atoms with Gasteiger partial charge in [0.25, 0.3) is 5.91 Å². The van der Waals surface area contributed by atoms with E-state index >= 15 is 0 Å². The first-order valence-corrected chi connectivity index (χ1v) is 7.00. The summed E-state index contributed by atoms with van der Waals surface area (Å²) in [7, 11) is 0. The van der Waals surface area contributed by atoms with Gasteiger partial charge in [0.15, 0.2) is 6.61 Å². The van der Waals surface area contributed by atoms with Crippen molar-refractivity contribution in [3.8, 4) is 11.5 Å². The minimum atomic E-state index is -0.345. The van der Waals surface area contributed by atoms with Gasteiger partial charge in [-0.1, -0.05) is 37.3 Å². The van der Waals surface area contributed by atoms with E-state index in [0.717, 1.165) is 12.0 Å². The molecule has 0 aliphatic heterocycles. The van der Waals surface area contributed by atoms with Crippen LogP contribution in [0.2, 0.25) is 0 Å². The molecule has 0 bridgehead atoms. The van der Waals surface area contributed by atoms with Crippen LogP contribution in [0, 0.1) is 0 Å². The summed E-state index contributed by atoms with van der Waals surface area (Å²) < 4.78 is 5.49. The minimum absolute atomic E-state index is 0.103. The molecule has 0 saturated carbocycles. The number of nitrogens with zero attached hydrogens (tertiary/aromatic N) is 1. The number of aryl methyl sites for hydroxylation is 1. The highest BCUT2D eigenvalue weighted by atomic mass is 16.5. The molecule has 2 aromatic rings. The van der Waals surface area contributed by atoms with E-state index in [1.54, 1.807) is 24.3 Å². The number of nitrogens with one attached hydrogen (secondary N) is 1. The maximum Gasteiger partial charge on any atom is 0.277 e. The van der Waals surface area contributed by atoms with Crippen LogP contribution in [0.1, 0.15) is 18.1 Å². The van der Waals surface area contributed by atoms with Gasteiger partial charge in [-0.05, 0) is 35.7 Å². The number of phenolic OH excluding ortho intramolecular Hbond substituents is 1. The number of hydrazone groups is 1. The van der Waals surface area contributed by atoms with Crippen LogP contribution in [0.5, 0.6) is 11.5 Å². The summed E-state index contributed by atoms with van der Waals surface area (Å²) in [5.74, 6) is 0.509. The van der Waals surface area contributed by atoms with Crippen LogP contribution in [-0.4, -0.2) is 23.8 Å². The minimum Gasteiger partial charge on any atom is -0.508 e. The Bertz CT molecular complexity index is 668. The third kappa shape index (κ3) is 4.63. The molecule has 5 heteroatoms. The lowest BCUT2D eigenvalue weighted by atomic mass is 10.1. The smallest absolute Gasteiger partial charge is 0.277 e. The number of amides is 1. The first-order chi connectivity index (χ1) is 10.7. The third-order valence-electron chi connectivity index (χ3n) is 2.99. The van der Waals surface area contributed by atoms with Gasteiger partial charge < -0.3 is 9.84 Å². The Morgan fingerprint density at radius 3 is 2.86 bits per heavy atom. The van der Waals surface area contributed by atoms with Crippen molar-refractivity contribution in [1.29, 1.82) is 0 Å². The summed E-state index contributed by atoms with van der Waals surface area (Å²) in [6.07, 6.45) is 2.30. The highest BCUT2D eigenvalue weighted by molar-refractivity contribution is 5.83. The largest absolute Gasteiger partial charge is 0.508 e. The van der Waals surface area contributed by atoms with Crippen LogP contribution in [0.4, 0.5) is 0 Å². The molecule has 5 nitrogen and oxygen atoms in total. The van der Waals surface area contributed by atoms with Crippen molar-refractivity contribution in [1.82, 2.24) is 5.43 Å². The lowest BCUT2D eigenvalue weighted by Crippen LogP contribution is -2.24. The molecular weight excluding hydrogens is 280 g/mol. The van der Waals surface area contributed by atoms with Gasteiger partial charge in [-0.3, -0.25) is 4.79 Å². The van der Waals surface area contributed by atoms with Gasteiger partial charge in [-0.25, -0.2) is 5.43 Å². The molecule has 2 aromatic carbocycles. The Balaban J connectivity index is 1.83. The molecule has 0 aliphatic carbocycles. The summed E-state index contributed by atoms with van der Waals surface area (Å²) >= 11 is 0. The molecule has 0 radical (unpaired) electrons. The maximum absolute atomic E-state index is 11.7. The van der Waals surface area contributed by atoms with E-state index in [2.05, 4.69) is 10.5 Å². The van der Waals surface area contributed by atoms with Crippen LogP contribution in [0.25, 0.3) is 0 Å². The number of ether oxygens (including phenoxy) is 1. The summed E-state index contributed by atoms with van der Waals surface area (Å²) in [4.78, 5) is 11.7. The Morgan fingerprint density at radius 2 is 2.09 bits per heavy atom. The molecule has 114 valence electrons. The molecule has 2 N–H and O–H groups in total. The number of rotatable bonds is 6. The van der Waals surface area contributed by atoms with Crippen molar-refractivity contribution in [2.45, 2.75) is 13.3 Å². The second-order valence-electron chi connectivity index (χ2n) is 4.64. The lowest BCUT2D eigenvalue weighted by Gasteiger charge is -2.08. The Kier molecular flexibility index (Phi) is 5.54. The van der Waals surface area contributed by atoms with Crippen LogP contribution < -0.4 is 10.2 Å². The van der Waals surface area contributed by atoms with Gasteiger partial charge in [0, 0.05) is 0 Å². The molecule has 0 atom stereocenters. The lowest BCUT2D eigenvalue weighted by molar-refractivity contribution is -0.123. The molecule has 0 heterocycles. The van der Waals surface area contributed by atoms with Crippen molar-refractivity contribution >= 4 is 12.1 Å². The fourth-order valence-corrected chi connectivity index (χ4v) is 1.90. The molecule has 0 fully saturated rings. The first-order valence-electron chi connectivity index (χ1n) is 7.00. The van der Waals surface area contributed by atoms with Crippen LogP contribution in [0.15, 0.2) is 53.6 Å². The second-order valence-corrected chi connectivity index (χ2v) is 4.64. The Morgan fingerprint density at radius 1 is 1.27 bits per heavy atom. The zero-order valence-electron chi connectivity index (χ0n) is 12.3. The van der Waals surface area contributed by atoms with Crippen LogP contribution in [0.3, 0.4) is 0 Å². The first kappa shape index (κ1) is 15.6. The van der Waals surface area contributed by atoms with Gasteiger partial charge in [0.1, 0.15) is 11.5 Å². The predicted octanol–water partition coefficient (Wildman–Crippen LogP) is 2.48. The van der Waals surface area contributed by atoms with Crippen molar-refractivity contribution in [3.05, 3.63) is 59.7 Å². The van der Waals surface area contributed by atoms with E-state index in [4.69, 9.17) is 4.74 Å². The van der Waals surface area contributed by atoms with Crippen LogP contribution >= 0.6 is 0 Å². The van der Waals surface area contributed by atoms with E-state index < -0.39 is 0 Å². The summed E-state index contributed by atoms with van der Waals surface area (Å²) in [6, 6.07) is 14.2. The number of carbonyl (C=O) groups is 1. The summed E-state index contributed by atoms with van der Waals surface area (Å²) in [5.41, 5.74) is 4.13. The maximum atomic E-state index is 11.7. The van der Waals surface area contributed by atoms with Crippen molar-refractivity contribution < 1.29 is 14.6 Å². The molecule has 0 saturated heterocycles. The van der Waals surface area contributed by atoms with Crippen molar-refractivity contribution in [2.75, 3.05) is 6.61 Å².